The molecule has 0 bridgehead atoms. The van der Waals surface area contributed by atoms with Crippen LogP contribution in [0.2, 0.25) is 0 Å². The van der Waals surface area contributed by atoms with E-state index in [1.54, 1.807) is 32.4 Å². The van der Waals surface area contributed by atoms with Gasteiger partial charge in [-0.25, -0.2) is 4.99 Å². The molecule has 1 aliphatic rings. The number of thioether (sulfide) groups is 1. The zero-order chi connectivity index (χ0) is 16.4. The molecule has 1 N–H and O–H groups in total. The quantitative estimate of drug-likeness (QED) is 0.939. The molecule has 1 saturated heterocycles. The van der Waals surface area contributed by atoms with E-state index < -0.39 is 5.25 Å². The van der Waals surface area contributed by atoms with E-state index in [4.69, 9.17) is 4.74 Å². The normalized spacial score (nSPS) is 19.4. The molecule has 1 heterocycles. The molecule has 2 aromatic rings. The zero-order valence-electron chi connectivity index (χ0n) is 12.8. The third kappa shape index (κ3) is 3.03. The van der Waals surface area contributed by atoms with Gasteiger partial charge in [-0.2, -0.15) is 0 Å². The molecule has 1 amide bonds. The molecular weight excluding hydrogens is 312 g/mol. The fraction of sp³-hybridized carbons (Fsp3) is 0.176. The number of methoxy groups -OCH3 is 1. The monoisotopic (exact) mass is 328 g/mol. The molecule has 1 fully saturated rings. The number of phenols is 1. The van der Waals surface area contributed by atoms with E-state index in [1.807, 2.05) is 30.3 Å². The molecule has 1 unspecified atom stereocenters. The smallest absolute Gasteiger partial charge is 0.246 e. The van der Waals surface area contributed by atoms with Crippen LogP contribution >= 0.6 is 11.8 Å². The van der Waals surface area contributed by atoms with Gasteiger partial charge < -0.3 is 9.84 Å². The largest absolute Gasteiger partial charge is 0.508 e. The second-order valence-electron chi connectivity index (χ2n) is 5.05. The highest BCUT2D eigenvalue weighted by Gasteiger charge is 2.37. The van der Waals surface area contributed by atoms with Gasteiger partial charge in [0.1, 0.15) is 16.7 Å². The molecule has 5 nitrogen and oxygen atoms in total. The van der Waals surface area contributed by atoms with Crippen molar-refractivity contribution in [1.82, 2.24) is 4.90 Å². The summed E-state index contributed by atoms with van der Waals surface area (Å²) in [4.78, 5) is 18.5. The van der Waals surface area contributed by atoms with Gasteiger partial charge in [0.05, 0.1) is 12.8 Å². The topological polar surface area (TPSA) is 62.1 Å². The molecule has 3 rings (SSSR count). The van der Waals surface area contributed by atoms with Crippen LogP contribution in [0.4, 0.5) is 5.69 Å². The van der Waals surface area contributed by atoms with Crippen molar-refractivity contribution < 1.29 is 14.6 Å². The van der Waals surface area contributed by atoms with Crippen LogP contribution in [0, 0.1) is 0 Å². The van der Waals surface area contributed by atoms with Crippen molar-refractivity contribution in [1.29, 1.82) is 0 Å². The predicted molar refractivity (Wildman–Crippen MR) is 91.3 cm³/mol. The second kappa shape index (κ2) is 6.34. The lowest BCUT2D eigenvalue weighted by Crippen LogP contribution is -2.25. The highest BCUT2D eigenvalue weighted by molar-refractivity contribution is 8.15. The summed E-state index contributed by atoms with van der Waals surface area (Å²) in [6, 6.07) is 14.2. The number of likely N-dealkylation sites (N-methyl/N-ethyl adjacent to an activating group) is 1. The van der Waals surface area contributed by atoms with Crippen molar-refractivity contribution in [2.75, 3.05) is 14.2 Å². The van der Waals surface area contributed by atoms with Crippen LogP contribution in [-0.2, 0) is 4.79 Å². The number of hydrogen-bond acceptors (Lipinski definition) is 5. The minimum atomic E-state index is -0.474. The van der Waals surface area contributed by atoms with Crippen LogP contribution in [-0.4, -0.2) is 35.2 Å². The molecule has 2 aromatic carbocycles. The van der Waals surface area contributed by atoms with E-state index >= 15 is 0 Å². The molecule has 118 valence electrons. The number of nitrogens with zero attached hydrogens (tertiary/aromatic N) is 2. The van der Waals surface area contributed by atoms with Gasteiger partial charge in [-0.3, -0.25) is 9.69 Å². The Morgan fingerprint density at radius 2 is 1.87 bits per heavy atom. The lowest BCUT2D eigenvalue weighted by molar-refractivity contribution is -0.125. The number of carbonyl (C=O) groups excluding carboxylic acids is 1. The number of ether oxygens (including phenoxy) is 1. The molecular formula is C17H16N2O3S. The first kappa shape index (κ1) is 15.4. The summed E-state index contributed by atoms with van der Waals surface area (Å²) in [6.07, 6.45) is 0. The Morgan fingerprint density at radius 3 is 2.52 bits per heavy atom. The number of rotatable bonds is 3. The first-order chi connectivity index (χ1) is 11.1. The molecule has 0 aliphatic carbocycles. The van der Waals surface area contributed by atoms with E-state index in [0.717, 1.165) is 11.4 Å². The summed E-state index contributed by atoms with van der Waals surface area (Å²) in [7, 11) is 3.30. The Balaban J connectivity index is 1.88. The van der Waals surface area contributed by atoms with E-state index in [-0.39, 0.29) is 11.7 Å². The zero-order valence-corrected chi connectivity index (χ0v) is 13.6. The Kier molecular flexibility index (Phi) is 4.25. The van der Waals surface area contributed by atoms with Crippen molar-refractivity contribution in [2.45, 2.75) is 5.25 Å². The van der Waals surface area contributed by atoms with Crippen molar-refractivity contribution in [3.05, 3.63) is 54.1 Å². The fourth-order valence-electron chi connectivity index (χ4n) is 2.28. The van der Waals surface area contributed by atoms with Crippen LogP contribution in [0.25, 0.3) is 0 Å². The molecule has 0 aromatic heterocycles. The molecule has 0 spiro atoms. The highest BCUT2D eigenvalue weighted by atomic mass is 32.2. The van der Waals surface area contributed by atoms with Gasteiger partial charge in [-0.1, -0.05) is 30.0 Å². The Labute approximate surface area is 138 Å². The summed E-state index contributed by atoms with van der Waals surface area (Å²) in [5, 5.41) is 10.1. The summed E-state index contributed by atoms with van der Waals surface area (Å²) >= 11 is 1.33. The number of amidine groups is 1. The minimum Gasteiger partial charge on any atom is -0.508 e. The number of aromatic hydroxyl groups is 1. The van der Waals surface area contributed by atoms with Gasteiger partial charge in [0.25, 0.3) is 0 Å². The van der Waals surface area contributed by atoms with Gasteiger partial charge >= 0.3 is 0 Å². The Morgan fingerprint density at radius 1 is 1.17 bits per heavy atom. The van der Waals surface area contributed by atoms with Gasteiger partial charge in [0.2, 0.25) is 5.91 Å². The average molecular weight is 328 g/mol. The molecule has 23 heavy (non-hydrogen) atoms. The van der Waals surface area contributed by atoms with Crippen LogP contribution in [0.3, 0.4) is 0 Å². The van der Waals surface area contributed by atoms with E-state index in [9.17, 15) is 9.90 Å². The summed E-state index contributed by atoms with van der Waals surface area (Å²) in [5.41, 5.74) is 1.35. The van der Waals surface area contributed by atoms with Crippen LogP contribution in [0.5, 0.6) is 11.5 Å². The molecule has 1 aliphatic heterocycles. The number of phenolic OH excluding ortho intramolecular Hbond substituents is 1. The second-order valence-corrected chi connectivity index (χ2v) is 6.12. The van der Waals surface area contributed by atoms with Crippen LogP contribution in [0.15, 0.2) is 53.5 Å². The number of para-hydroxylation sites is 1. The summed E-state index contributed by atoms with van der Waals surface area (Å²) < 4.78 is 5.12. The summed E-state index contributed by atoms with van der Waals surface area (Å²) in [5.74, 6) is 0.783. The van der Waals surface area contributed by atoms with E-state index in [1.165, 1.54) is 16.7 Å². The van der Waals surface area contributed by atoms with Crippen LogP contribution in [0.1, 0.15) is 10.8 Å². The number of aliphatic imine (C=N–C) groups is 1. The number of carbonyl (C=O) groups is 1. The van der Waals surface area contributed by atoms with Gasteiger partial charge in [0.15, 0.2) is 5.17 Å². The lowest BCUT2D eigenvalue weighted by Gasteiger charge is -2.10. The molecule has 6 heteroatoms. The number of benzene rings is 2. The highest BCUT2D eigenvalue weighted by Crippen LogP contribution is 2.42. The van der Waals surface area contributed by atoms with Gasteiger partial charge in [-0.15, -0.1) is 0 Å². The van der Waals surface area contributed by atoms with Crippen molar-refractivity contribution in [3.8, 4) is 11.5 Å². The van der Waals surface area contributed by atoms with E-state index in [2.05, 4.69) is 4.99 Å². The first-order valence-electron chi connectivity index (χ1n) is 7.05. The molecule has 1 atom stereocenters. The first-order valence-corrected chi connectivity index (χ1v) is 7.93. The fourth-order valence-corrected chi connectivity index (χ4v) is 3.48. The maximum atomic E-state index is 12.5. The maximum Gasteiger partial charge on any atom is 0.246 e. The Bertz CT molecular complexity index is 759. The molecule has 0 radical (unpaired) electrons. The SMILES string of the molecule is COc1ccc(N=C2SC(c3ccccc3O)C(=O)N2C)cc1. The average Bonchev–Trinajstić information content (AvgIpc) is 2.84. The third-order valence-electron chi connectivity index (χ3n) is 3.58. The van der Waals surface area contributed by atoms with Crippen molar-refractivity contribution in [3.63, 3.8) is 0 Å². The van der Waals surface area contributed by atoms with Crippen LogP contribution < -0.4 is 4.74 Å². The summed E-state index contributed by atoms with van der Waals surface area (Å²) in [6.45, 7) is 0. The molecule has 0 saturated carbocycles. The minimum absolute atomic E-state index is 0.0937. The predicted octanol–water partition coefficient (Wildman–Crippen LogP) is 3.33. The van der Waals surface area contributed by atoms with Crippen molar-refractivity contribution in [2.24, 2.45) is 4.99 Å². The lowest BCUT2D eigenvalue weighted by atomic mass is 10.1. The van der Waals surface area contributed by atoms with Gasteiger partial charge in [-0.05, 0) is 30.3 Å². The van der Waals surface area contributed by atoms with E-state index in [0.29, 0.717) is 10.7 Å². The Hall–Kier alpha value is -2.47. The maximum absolute atomic E-state index is 12.5. The standard InChI is InChI=1S/C17H16N2O3S/c1-19-16(21)15(13-5-3-4-6-14(13)20)23-17(19)18-11-7-9-12(22-2)10-8-11/h3-10,15,20H,1-2H3. The van der Waals surface area contributed by atoms with Crippen molar-refractivity contribution >= 4 is 28.5 Å². The third-order valence-corrected chi connectivity index (χ3v) is 4.85. The van der Waals surface area contributed by atoms with Gasteiger partial charge in [0, 0.05) is 12.6 Å². The number of amides is 1. The number of hydrogen-bond donors (Lipinski definition) is 1.